The number of nitrogens with zero attached hydrogens (tertiary/aromatic N) is 4. The van der Waals surface area contributed by atoms with Crippen LogP contribution < -0.4 is 16.4 Å². The molecule has 4 N–H and O–H groups in total. The third kappa shape index (κ3) is 12.1. The van der Waals surface area contributed by atoms with E-state index in [2.05, 4.69) is 27.5 Å². The lowest BCUT2D eigenvalue weighted by Crippen LogP contribution is -2.38. The van der Waals surface area contributed by atoms with E-state index >= 15 is 0 Å². The quantitative estimate of drug-likeness (QED) is 0.0801. The molecule has 2 amide bonds. The van der Waals surface area contributed by atoms with E-state index in [4.69, 9.17) is 5.73 Å². The van der Waals surface area contributed by atoms with E-state index in [0.717, 1.165) is 50.9 Å². The summed E-state index contributed by atoms with van der Waals surface area (Å²) in [6.45, 7) is 4.51. The number of hydrogen-bond acceptors (Lipinski definition) is 10. The molecule has 0 spiro atoms. The lowest BCUT2D eigenvalue weighted by molar-refractivity contribution is -0.385. The topological polar surface area (TPSA) is 179 Å². The zero-order valence-electron chi connectivity index (χ0n) is 27.0. The number of hydrogen-bond donors (Lipinski definition) is 3. The number of nitrogens with two attached hydrogens (primary N) is 1. The molecule has 0 saturated heterocycles. The zero-order valence-corrected chi connectivity index (χ0v) is 30.3. The molecule has 2 atom stereocenters. The summed E-state index contributed by atoms with van der Waals surface area (Å²) in [5, 5.41) is 33.0. The highest BCUT2D eigenvalue weighted by molar-refractivity contribution is 8.93. The molecule has 2 aromatic heterocycles. The van der Waals surface area contributed by atoms with Gasteiger partial charge in [-0.05, 0) is 42.4 Å². The van der Waals surface area contributed by atoms with Crippen molar-refractivity contribution < 1.29 is 14.6 Å². The van der Waals surface area contributed by atoms with Gasteiger partial charge in [0.1, 0.15) is 10.0 Å². The fourth-order valence-electron chi connectivity index (χ4n) is 4.57. The summed E-state index contributed by atoms with van der Waals surface area (Å²) in [5.41, 5.74) is 11.2. The van der Waals surface area contributed by atoms with Crippen LogP contribution in [-0.2, 0) is 32.2 Å². The zero-order chi connectivity index (χ0) is 34.5. The van der Waals surface area contributed by atoms with Crippen LogP contribution in [0.25, 0.3) is 0 Å². The number of nitro groups is 2. The second kappa shape index (κ2) is 19.4. The number of aryl methyl sites for hydroxylation is 2. The first-order valence-electron chi connectivity index (χ1n) is 15.3. The Bertz CT molecular complexity index is 1780. The molecule has 49 heavy (non-hydrogen) atoms. The van der Waals surface area contributed by atoms with Crippen LogP contribution in [0, 0.1) is 20.2 Å². The second-order valence-corrected chi connectivity index (χ2v) is 12.6. The number of benzene rings is 3. The van der Waals surface area contributed by atoms with Crippen molar-refractivity contribution in [1.29, 1.82) is 0 Å². The van der Waals surface area contributed by atoms with Crippen LogP contribution in [0.2, 0.25) is 0 Å². The molecule has 12 nitrogen and oxygen atoms in total. The third-order valence-corrected chi connectivity index (χ3v) is 9.30. The minimum absolute atomic E-state index is 0. The standard InChI is InChI=1S/C21H22N4O3S.C13H15N3O2S.BrH/c1-2-17-14-29-20(23-17)19(12-15-8-10-18(11-9-15)25(27)28)24-21(26)22-13-16-6-4-3-5-7-16;1-2-10-8-19-13(15-10)12(14)7-9-3-5-11(6-4-9)16(17)18;/h3-11,14,19H,2,12-13H2,1H3,(H2,22,24,26);3-6,8,12H,2,7,14H2,1H3;1H/t19-;12-;/m00./s1. The van der Waals surface area contributed by atoms with Gasteiger partial charge in [-0.15, -0.1) is 39.7 Å². The number of rotatable bonds is 13. The van der Waals surface area contributed by atoms with Gasteiger partial charge in [0.05, 0.1) is 33.3 Å². The van der Waals surface area contributed by atoms with Crippen molar-refractivity contribution in [2.24, 2.45) is 5.73 Å². The van der Waals surface area contributed by atoms with Crippen molar-refractivity contribution >= 4 is 57.1 Å². The molecule has 0 aliphatic carbocycles. The summed E-state index contributed by atoms with van der Waals surface area (Å²) in [6.07, 6.45) is 2.85. The van der Waals surface area contributed by atoms with E-state index < -0.39 is 9.85 Å². The first-order chi connectivity index (χ1) is 23.1. The molecule has 5 aromatic rings. The predicted octanol–water partition coefficient (Wildman–Crippen LogP) is 7.83. The largest absolute Gasteiger partial charge is 0.334 e. The molecular weight excluding hydrogens is 730 g/mol. The number of carbonyl (C=O) groups is 1. The van der Waals surface area contributed by atoms with Crippen molar-refractivity contribution in [2.75, 3.05) is 0 Å². The Morgan fingerprint density at radius 2 is 1.24 bits per heavy atom. The normalized spacial score (nSPS) is 11.7. The van der Waals surface area contributed by atoms with E-state index in [1.54, 1.807) is 35.6 Å². The van der Waals surface area contributed by atoms with Gasteiger partial charge in [0.2, 0.25) is 0 Å². The third-order valence-electron chi connectivity index (χ3n) is 7.27. The highest BCUT2D eigenvalue weighted by Gasteiger charge is 2.19. The fourth-order valence-corrected chi connectivity index (χ4v) is 6.43. The maximum Gasteiger partial charge on any atom is 0.315 e. The van der Waals surface area contributed by atoms with Crippen molar-refractivity contribution in [2.45, 2.75) is 58.2 Å². The average molecular weight is 769 g/mol. The number of thiazole rings is 2. The summed E-state index contributed by atoms with van der Waals surface area (Å²) in [5.74, 6) is 0. The fraction of sp³-hybridized carbons (Fsp3) is 0.265. The molecule has 3 aromatic carbocycles. The van der Waals surface area contributed by atoms with Gasteiger partial charge >= 0.3 is 6.03 Å². The number of nitro benzene ring substituents is 2. The Morgan fingerprint density at radius 1 is 0.755 bits per heavy atom. The Hall–Kier alpha value is -4.57. The van der Waals surface area contributed by atoms with Gasteiger partial charge in [-0.2, -0.15) is 0 Å². The molecule has 15 heteroatoms. The highest BCUT2D eigenvalue weighted by atomic mass is 79.9. The summed E-state index contributed by atoms with van der Waals surface area (Å²) < 4.78 is 0. The van der Waals surface area contributed by atoms with Crippen LogP contribution in [0.4, 0.5) is 16.2 Å². The van der Waals surface area contributed by atoms with Gasteiger partial charge in [0.25, 0.3) is 11.4 Å². The molecular formula is C34H38BrN7O5S2. The van der Waals surface area contributed by atoms with Gasteiger partial charge in [0.15, 0.2) is 0 Å². The lowest BCUT2D eigenvalue weighted by atomic mass is 10.1. The van der Waals surface area contributed by atoms with Crippen LogP contribution in [0.1, 0.15) is 64.0 Å². The smallest absolute Gasteiger partial charge is 0.315 e. The van der Waals surface area contributed by atoms with Crippen LogP contribution in [-0.4, -0.2) is 25.8 Å². The maximum absolute atomic E-state index is 12.5. The molecule has 5 rings (SSSR count). The monoisotopic (exact) mass is 767 g/mol. The minimum atomic E-state index is -0.426. The van der Waals surface area contributed by atoms with Crippen molar-refractivity contribution in [3.8, 4) is 0 Å². The number of nitrogens with one attached hydrogen (secondary N) is 2. The number of amides is 2. The van der Waals surface area contributed by atoms with E-state index in [-0.39, 0.29) is 46.5 Å². The van der Waals surface area contributed by atoms with Gasteiger partial charge < -0.3 is 16.4 Å². The number of aromatic nitrogens is 2. The summed E-state index contributed by atoms with van der Waals surface area (Å²) >= 11 is 3.07. The minimum Gasteiger partial charge on any atom is -0.334 e. The summed E-state index contributed by atoms with van der Waals surface area (Å²) in [7, 11) is 0. The number of non-ortho nitro benzene ring substituents is 2. The van der Waals surface area contributed by atoms with Gasteiger partial charge in [-0.1, -0.05) is 68.4 Å². The average Bonchev–Trinajstić information content (AvgIpc) is 3.79. The molecule has 0 unspecified atom stereocenters. The van der Waals surface area contributed by atoms with Crippen LogP contribution in [0.5, 0.6) is 0 Å². The predicted molar refractivity (Wildman–Crippen MR) is 198 cm³/mol. The van der Waals surface area contributed by atoms with Crippen molar-refractivity contribution in [1.82, 2.24) is 20.6 Å². The number of halogens is 1. The summed E-state index contributed by atoms with van der Waals surface area (Å²) in [6, 6.07) is 21.8. The molecule has 0 aliphatic rings. The number of urea groups is 1. The van der Waals surface area contributed by atoms with Crippen molar-refractivity contribution in [3.05, 3.63) is 148 Å². The van der Waals surface area contributed by atoms with Crippen LogP contribution in [0.15, 0.2) is 89.6 Å². The van der Waals surface area contributed by atoms with Crippen LogP contribution in [0.3, 0.4) is 0 Å². The highest BCUT2D eigenvalue weighted by Crippen LogP contribution is 2.24. The van der Waals surface area contributed by atoms with E-state index in [1.165, 1.54) is 35.6 Å². The molecule has 0 saturated carbocycles. The first-order valence-corrected chi connectivity index (χ1v) is 17.1. The summed E-state index contributed by atoms with van der Waals surface area (Å²) in [4.78, 5) is 42.1. The maximum atomic E-state index is 12.5. The second-order valence-electron chi connectivity index (χ2n) is 10.8. The molecule has 0 fully saturated rings. The molecule has 0 aliphatic heterocycles. The molecule has 0 radical (unpaired) electrons. The van der Waals surface area contributed by atoms with Gasteiger partial charge in [-0.25, -0.2) is 14.8 Å². The van der Waals surface area contributed by atoms with E-state index in [9.17, 15) is 25.0 Å². The number of carbonyl (C=O) groups excluding carboxylic acids is 1. The lowest BCUT2D eigenvalue weighted by Gasteiger charge is -2.17. The Morgan fingerprint density at radius 3 is 1.73 bits per heavy atom. The van der Waals surface area contributed by atoms with Gasteiger partial charge in [0, 0.05) is 41.6 Å². The van der Waals surface area contributed by atoms with Crippen LogP contribution >= 0.6 is 39.7 Å². The van der Waals surface area contributed by atoms with E-state index in [0.29, 0.717) is 19.4 Å². The van der Waals surface area contributed by atoms with Gasteiger partial charge in [-0.3, -0.25) is 20.2 Å². The van der Waals surface area contributed by atoms with E-state index in [1.807, 2.05) is 48.0 Å². The molecule has 258 valence electrons. The Balaban J connectivity index is 0.000000283. The Labute approximate surface area is 302 Å². The molecule has 2 heterocycles. The molecule has 0 bridgehead atoms. The van der Waals surface area contributed by atoms with Crippen molar-refractivity contribution in [3.63, 3.8) is 0 Å². The Kier molecular flexibility index (Phi) is 15.4. The SMILES string of the molecule is Br.CCc1csc([C@@H](N)Cc2ccc([N+](=O)[O-])cc2)n1.CCc1csc([C@H](Cc2ccc([N+](=O)[O-])cc2)NC(=O)NCc2ccccc2)n1. The first kappa shape index (κ1) is 38.9.